The van der Waals surface area contributed by atoms with E-state index in [0.29, 0.717) is 0 Å². The van der Waals surface area contributed by atoms with Crippen LogP contribution in [0, 0.1) is 17.8 Å². The fourth-order valence-corrected chi connectivity index (χ4v) is 13.3. The monoisotopic (exact) mass is 778 g/mol. The van der Waals surface area contributed by atoms with Crippen LogP contribution in [0.4, 0.5) is 0 Å². The maximum Gasteiger partial charge on any atom is 0.140 e. The van der Waals surface area contributed by atoms with Crippen molar-refractivity contribution in [2.24, 2.45) is 17.8 Å². The molecule has 60 heavy (non-hydrogen) atoms. The highest BCUT2D eigenvalue weighted by Gasteiger charge is 2.51. The molecule has 4 aliphatic carbocycles. The van der Waals surface area contributed by atoms with Gasteiger partial charge in [0.2, 0.25) is 0 Å². The lowest BCUT2D eigenvalue weighted by Crippen LogP contribution is -2.49. The molecule has 4 nitrogen and oxygen atoms in total. The third-order valence-corrected chi connectivity index (χ3v) is 15.4. The zero-order valence-electron chi connectivity index (χ0n) is 34.0. The molecule has 3 atom stereocenters. The Kier molecular flexibility index (Phi) is 7.87. The zero-order chi connectivity index (χ0) is 39.4. The second-order valence-electron chi connectivity index (χ2n) is 18.8. The summed E-state index contributed by atoms with van der Waals surface area (Å²) in [5.41, 5.74) is 13.5. The number of rotatable bonds is 6. The Hall–Kier alpha value is -5.94. The van der Waals surface area contributed by atoms with Gasteiger partial charge in [-0.05, 0) is 121 Å². The molecule has 4 heteroatoms. The lowest BCUT2D eigenvalue weighted by atomic mass is 9.48. The van der Waals surface area contributed by atoms with Gasteiger partial charge >= 0.3 is 0 Å². The maximum atomic E-state index is 4.28. The minimum absolute atomic E-state index is 0.0769. The van der Waals surface area contributed by atoms with Crippen molar-refractivity contribution in [3.05, 3.63) is 187 Å². The smallest absolute Gasteiger partial charge is 0.140 e. The summed E-state index contributed by atoms with van der Waals surface area (Å²) in [6, 6.07) is 64.2. The van der Waals surface area contributed by atoms with Crippen LogP contribution in [0.3, 0.4) is 0 Å². The Balaban J connectivity index is 1.03. The molecule has 0 spiro atoms. The van der Waals surface area contributed by atoms with Crippen LogP contribution < -0.4 is 10.6 Å². The van der Waals surface area contributed by atoms with E-state index in [1.54, 1.807) is 5.56 Å². The van der Waals surface area contributed by atoms with Gasteiger partial charge in [0.25, 0.3) is 0 Å². The molecule has 3 unspecified atom stereocenters. The average Bonchev–Trinajstić information content (AvgIpc) is 3.82. The van der Waals surface area contributed by atoms with Crippen molar-refractivity contribution in [3.8, 4) is 16.8 Å². The predicted octanol–water partition coefficient (Wildman–Crippen LogP) is 13.5. The first kappa shape index (κ1) is 34.9. The third-order valence-electron chi connectivity index (χ3n) is 15.4. The SMILES string of the molecule is c1ccc(C2CC(c3ccc(C45CC6CC(CC(C6)C4)C5)cc3-c3ccccc3-n3c4ccccc4c4ccccc43)NC(n3c4ccccc4c4ccccc43)N2)cc1. The maximum absolute atomic E-state index is 4.28. The second-order valence-corrected chi connectivity index (χ2v) is 18.8. The van der Waals surface area contributed by atoms with Crippen LogP contribution in [0.1, 0.15) is 80.0 Å². The Morgan fingerprint density at radius 2 is 0.933 bits per heavy atom. The van der Waals surface area contributed by atoms with E-state index >= 15 is 0 Å². The van der Waals surface area contributed by atoms with Crippen LogP contribution in [0.15, 0.2) is 170 Å². The molecule has 1 aliphatic heterocycles. The first-order chi connectivity index (χ1) is 29.7. The zero-order valence-corrected chi connectivity index (χ0v) is 34.0. The summed E-state index contributed by atoms with van der Waals surface area (Å²) in [5, 5.41) is 13.6. The van der Waals surface area contributed by atoms with Gasteiger partial charge in [-0.3, -0.25) is 10.6 Å². The fraction of sp³-hybridized carbons (Fsp3) is 0.250. The summed E-state index contributed by atoms with van der Waals surface area (Å²) in [5.74, 6) is 2.65. The molecular weight excluding hydrogens is 729 g/mol. The summed E-state index contributed by atoms with van der Waals surface area (Å²) >= 11 is 0. The molecule has 2 N–H and O–H groups in total. The highest BCUT2D eigenvalue weighted by atomic mass is 15.4. The summed E-state index contributed by atoms with van der Waals surface area (Å²) < 4.78 is 5.05. The Morgan fingerprint density at radius 1 is 0.433 bits per heavy atom. The van der Waals surface area contributed by atoms with Gasteiger partial charge in [-0.25, -0.2) is 0 Å². The number of nitrogens with one attached hydrogen (secondary N) is 2. The van der Waals surface area contributed by atoms with Gasteiger partial charge in [0.15, 0.2) is 0 Å². The van der Waals surface area contributed by atoms with E-state index in [4.69, 9.17) is 0 Å². The summed E-state index contributed by atoms with van der Waals surface area (Å²) in [7, 11) is 0. The number of hydrogen-bond donors (Lipinski definition) is 2. The van der Waals surface area contributed by atoms with E-state index in [-0.39, 0.29) is 23.8 Å². The molecule has 0 radical (unpaired) electrons. The number of aromatic nitrogens is 2. The second kappa shape index (κ2) is 13.5. The van der Waals surface area contributed by atoms with Crippen LogP contribution in [0.5, 0.6) is 0 Å². The van der Waals surface area contributed by atoms with Crippen molar-refractivity contribution in [3.63, 3.8) is 0 Å². The molecule has 1 saturated heterocycles. The third kappa shape index (κ3) is 5.36. The van der Waals surface area contributed by atoms with Crippen LogP contribution >= 0.6 is 0 Å². The van der Waals surface area contributed by atoms with Gasteiger partial charge in [-0.15, -0.1) is 0 Å². The normalized spacial score (nSPS) is 26.1. The summed E-state index contributed by atoms with van der Waals surface area (Å²) in [6.07, 6.45) is 9.19. The molecule has 3 heterocycles. The van der Waals surface area contributed by atoms with E-state index in [0.717, 1.165) is 24.2 Å². The van der Waals surface area contributed by atoms with E-state index in [1.165, 1.54) is 110 Å². The average molecular weight is 779 g/mol. The highest BCUT2D eigenvalue weighted by Crippen LogP contribution is 2.61. The fourth-order valence-electron chi connectivity index (χ4n) is 13.3. The van der Waals surface area contributed by atoms with Gasteiger partial charge in [0, 0.05) is 39.2 Å². The van der Waals surface area contributed by atoms with Crippen LogP contribution in [0.25, 0.3) is 60.4 Å². The Labute approximate surface area is 351 Å². The van der Waals surface area contributed by atoms with Crippen LogP contribution in [-0.4, -0.2) is 9.13 Å². The molecule has 4 saturated carbocycles. The van der Waals surface area contributed by atoms with Crippen molar-refractivity contribution in [1.82, 2.24) is 19.8 Å². The van der Waals surface area contributed by atoms with Gasteiger partial charge in [-0.1, -0.05) is 140 Å². The quantitative estimate of drug-likeness (QED) is 0.176. The predicted molar refractivity (Wildman–Crippen MR) is 247 cm³/mol. The molecule has 294 valence electrons. The minimum Gasteiger partial charge on any atom is -0.311 e. The summed E-state index contributed by atoms with van der Waals surface area (Å²) in [6.45, 7) is 0. The van der Waals surface area contributed by atoms with Gasteiger partial charge in [0.05, 0.1) is 27.8 Å². The summed E-state index contributed by atoms with van der Waals surface area (Å²) in [4.78, 5) is 0. The van der Waals surface area contributed by atoms with Crippen LogP contribution in [-0.2, 0) is 5.41 Å². The molecule has 2 aromatic heterocycles. The highest BCUT2D eigenvalue weighted by molar-refractivity contribution is 6.10. The topological polar surface area (TPSA) is 33.9 Å². The van der Waals surface area contributed by atoms with Gasteiger partial charge in [-0.2, -0.15) is 0 Å². The molecule has 5 aliphatic rings. The molecular formula is C56H50N4. The molecule has 5 fully saturated rings. The van der Waals surface area contributed by atoms with Gasteiger partial charge in [0.1, 0.15) is 6.29 Å². The number of nitrogens with zero attached hydrogens (tertiary/aromatic N) is 2. The van der Waals surface area contributed by atoms with E-state index in [2.05, 4.69) is 190 Å². The lowest BCUT2D eigenvalue weighted by Gasteiger charge is -2.57. The Bertz CT molecular complexity index is 2950. The lowest BCUT2D eigenvalue weighted by molar-refractivity contribution is -0.00518. The Morgan fingerprint density at radius 3 is 1.55 bits per heavy atom. The number of benzene rings is 7. The number of fused-ring (bicyclic) bond motifs is 6. The van der Waals surface area contributed by atoms with Crippen molar-refractivity contribution in [2.75, 3.05) is 0 Å². The minimum atomic E-state index is -0.137. The molecule has 7 aromatic carbocycles. The van der Waals surface area contributed by atoms with E-state index in [1.807, 2.05) is 0 Å². The standard InChI is InChI=1S/C56H50N4/c1-2-14-39(15-3-1)48-32-49(58-55(57-48)60-53-24-12-6-18-44(53)45-19-7-13-25-54(45)60)41-27-26-40(56-33-36-28-37(34-56)30-38(29-36)35-56)31-47(41)46-20-8-11-23-52(46)59-50-21-9-4-16-42(50)43-17-5-10-22-51(43)59/h1-27,31,36-38,48-49,55,57-58H,28-30,32-35H2. The van der Waals surface area contributed by atoms with Crippen LogP contribution in [0.2, 0.25) is 0 Å². The van der Waals surface area contributed by atoms with E-state index in [9.17, 15) is 0 Å². The van der Waals surface area contributed by atoms with Crippen molar-refractivity contribution in [2.45, 2.75) is 68.7 Å². The molecule has 4 bridgehead atoms. The number of para-hydroxylation sites is 5. The first-order valence-corrected chi connectivity index (χ1v) is 22.4. The largest absolute Gasteiger partial charge is 0.311 e. The molecule has 9 aromatic rings. The number of hydrogen-bond acceptors (Lipinski definition) is 2. The van der Waals surface area contributed by atoms with Crippen molar-refractivity contribution in [1.29, 1.82) is 0 Å². The molecule has 0 amide bonds. The first-order valence-electron chi connectivity index (χ1n) is 22.4. The van der Waals surface area contributed by atoms with Crippen molar-refractivity contribution >= 4 is 43.6 Å². The van der Waals surface area contributed by atoms with E-state index < -0.39 is 0 Å². The van der Waals surface area contributed by atoms with Gasteiger partial charge < -0.3 is 9.13 Å². The molecule has 14 rings (SSSR count). The van der Waals surface area contributed by atoms with Crippen molar-refractivity contribution < 1.29 is 0 Å².